The van der Waals surface area contributed by atoms with E-state index in [-0.39, 0.29) is 0 Å². The first-order valence-electron chi connectivity index (χ1n) is 16.7. The predicted octanol–water partition coefficient (Wildman–Crippen LogP) is 12.7. The molecule has 8 aromatic rings. The summed E-state index contributed by atoms with van der Waals surface area (Å²) in [6, 6.07) is 57.2. The van der Waals surface area contributed by atoms with Crippen LogP contribution in [0.25, 0.3) is 66.1 Å². The van der Waals surface area contributed by atoms with Gasteiger partial charge < -0.3 is 9.88 Å². The monoisotopic (exact) mass is 614 g/mol. The van der Waals surface area contributed by atoms with E-state index in [2.05, 4.69) is 186 Å². The van der Waals surface area contributed by atoms with Gasteiger partial charge in [0, 0.05) is 33.2 Å². The Hall–Kier alpha value is -6.12. The van der Waals surface area contributed by atoms with Gasteiger partial charge in [-0.3, -0.25) is 0 Å². The fourth-order valence-corrected chi connectivity index (χ4v) is 7.29. The number of nitrogens with zero attached hydrogens (tertiary/aromatic N) is 1. The maximum atomic E-state index is 3.58. The van der Waals surface area contributed by atoms with Crippen LogP contribution in [0.4, 0.5) is 11.4 Å². The van der Waals surface area contributed by atoms with Crippen molar-refractivity contribution in [3.63, 3.8) is 0 Å². The standard InChI is InChI=1S/C46H34N2/c1-2-10-32(11-3-1)33-18-25-37(26-19-33)47-38-27-20-35(21-28-38)40-13-6-7-14-41(40)36-22-29-39(30-23-36)48-45-17-9-8-16-43(45)44-31-24-34-12-4-5-15-42(34)46(44)48/h1-2,4-10,12-31,47H,3,11H2. The second-order valence-electron chi connectivity index (χ2n) is 12.6. The van der Waals surface area contributed by atoms with E-state index in [1.807, 2.05) is 0 Å². The van der Waals surface area contributed by atoms with Crippen molar-refractivity contribution in [1.29, 1.82) is 0 Å². The Morgan fingerprint density at radius 2 is 1.08 bits per heavy atom. The Balaban J connectivity index is 1.02. The molecule has 2 heteroatoms. The molecule has 1 aliphatic carbocycles. The summed E-state index contributed by atoms with van der Waals surface area (Å²) >= 11 is 0. The molecule has 0 amide bonds. The smallest absolute Gasteiger partial charge is 0.0619 e. The summed E-state index contributed by atoms with van der Waals surface area (Å²) in [4.78, 5) is 0. The second-order valence-corrected chi connectivity index (χ2v) is 12.6. The molecule has 1 heterocycles. The van der Waals surface area contributed by atoms with Crippen LogP contribution in [-0.2, 0) is 0 Å². The minimum absolute atomic E-state index is 1.08. The van der Waals surface area contributed by atoms with Gasteiger partial charge in [0.05, 0.1) is 11.0 Å². The molecule has 1 N–H and O–H groups in total. The fraction of sp³-hybridized carbons (Fsp3) is 0.0435. The number of nitrogens with one attached hydrogen (secondary N) is 1. The van der Waals surface area contributed by atoms with Crippen LogP contribution < -0.4 is 5.32 Å². The van der Waals surface area contributed by atoms with Crippen molar-refractivity contribution in [1.82, 2.24) is 4.57 Å². The molecule has 0 spiro atoms. The number of fused-ring (bicyclic) bond motifs is 5. The van der Waals surface area contributed by atoms with Gasteiger partial charge in [-0.05, 0) is 94.1 Å². The number of rotatable bonds is 6. The summed E-state index contributed by atoms with van der Waals surface area (Å²) < 4.78 is 2.42. The molecule has 0 aliphatic heterocycles. The Morgan fingerprint density at radius 3 is 1.77 bits per heavy atom. The van der Waals surface area contributed by atoms with Crippen LogP contribution in [0.1, 0.15) is 18.4 Å². The zero-order valence-corrected chi connectivity index (χ0v) is 26.6. The van der Waals surface area contributed by atoms with Gasteiger partial charge in [0.15, 0.2) is 0 Å². The average molecular weight is 615 g/mol. The van der Waals surface area contributed by atoms with E-state index in [1.54, 1.807) is 0 Å². The van der Waals surface area contributed by atoms with E-state index < -0.39 is 0 Å². The Bertz CT molecular complexity index is 2490. The minimum Gasteiger partial charge on any atom is -0.356 e. The van der Waals surface area contributed by atoms with Crippen LogP contribution in [-0.4, -0.2) is 4.57 Å². The number of hydrogen-bond acceptors (Lipinski definition) is 1. The molecule has 0 atom stereocenters. The third-order valence-electron chi connectivity index (χ3n) is 9.68. The van der Waals surface area contributed by atoms with Gasteiger partial charge in [-0.1, -0.05) is 133 Å². The second kappa shape index (κ2) is 11.9. The zero-order chi connectivity index (χ0) is 31.9. The van der Waals surface area contributed by atoms with E-state index in [0.29, 0.717) is 0 Å². The van der Waals surface area contributed by atoms with Crippen molar-refractivity contribution in [2.75, 3.05) is 5.32 Å². The lowest BCUT2D eigenvalue weighted by Gasteiger charge is -2.14. The Labute approximate surface area is 280 Å². The molecule has 48 heavy (non-hydrogen) atoms. The molecule has 0 bridgehead atoms. The van der Waals surface area contributed by atoms with E-state index in [1.165, 1.54) is 66.0 Å². The minimum atomic E-state index is 1.08. The normalized spacial score (nSPS) is 12.9. The highest BCUT2D eigenvalue weighted by molar-refractivity contribution is 6.18. The van der Waals surface area contributed by atoms with Gasteiger partial charge in [0.2, 0.25) is 0 Å². The molecular weight excluding hydrogens is 581 g/mol. The Kier molecular flexibility index (Phi) is 6.98. The van der Waals surface area contributed by atoms with Crippen LogP contribution in [0.3, 0.4) is 0 Å². The number of anilines is 2. The van der Waals surface area contributed by atoms with Gasteiger partial charge in [-0.2, -0.15) is 0 Å². The van der Waals surface area contributed by atoms with E-state index in [0.717, 1.165) is 29.9 Å². The third-order valence-corrected chi connectivity index (χ3v) is 9.68. The number of allylic oxidation sites excluding steroid dienone is 4. The van der Waals surface area contributed by atoms with Crippen molar-refractivity contribution in [2.24, 2.45) is 0 Å². The molecule has 9 rings (SSSR count). The van der Waals surface area contributed by atoms with Crippen LogP contribution in [0, 0.1) is 0 Å². The first kappa shape index (κ1) is 28.1. The van der Waals surface area contributed by atoms with Crippen LogP contribution >= 0.6 is 0 Å². The number of hydrogen-bond donors (Lipinski definition) is 1. The third kappa shape index (κ3) is 4.99. The predicted molar refractivity (Wildman–Crippen MR) is 205 cm³/mol. The van der Waals surface area contributed by atoms with E-state index in [4.69, 9.17) is 0 Å². The topological polar surface area (TPSA) is 17.0 Å². The van der Waals surface area contributed by atoms with Gasteiger partial charge in [0.25, 0.3) is 0 Å². The molecule has 0 unspecified atom stereocenters. The molecule has 1 aromatic heterocycles. The lowest BCUT2D eigenvalue weighted by Crippen LogP contribution is -1.95. The maximum absolute atomic E-state index is 3.58. The number of aromatic nitrogens is 1. The fourth-order valence-electron chi connectivity index (χ4n) is 7.29. The Morgan fingerprint density at radius 1 is 0.479 bits per heavy atom. The maximum Gasteiger partial charge on any atom is 0.0619 e. The molecular formula is C46H34N2. The summed E-state index contributed by atoms with van der Waals surface area (Å²) in [6.07, 6.45) is 8.84. The van der Waals surface area contributed by atoms with Gasteiger partial charge in [-0.25, -0.2) is 0 Å². The highest BCUT2D eigenvalue weighted by Gasteiger charge is 2.15. The largest absolute Gasteiger partial charge is 0.356 e. The van der Waals surface area contributed by atoms with Crippen molar-refractivity contribution in [3.8, 4) is 27.9 Å². The van der Waals surface area contributed by atoms with E-state index >= 15 is 0 Å². The quantitative estimate of drug-likeness (QED) is 0.197. The highest BCUT2D eigenvalue weighted by Crippen LogP contribution is 2.38. The molecule has 0 saturated carbocycles. The number of para-hydroxylation sites is 1. The van der Waals surface area contributed by atoms with Crippen LogP contribution in [0.5, 0.6) is 0 Å². The molecule has 0 radical (unpaired) electrons. The lowest BCUT2D eigenvalue weighted by atomic mass is 9.94. The molecule has 7 aromatic carbocycles. The van der Waals surface area contributed by atoms with Crippen molar-refractivity contribution < 1.29 is 0 Å². The van der Waals surface area contributed by atoms with Crippen LogP contribution in [0.15, 0.2) is 176 Å². The summed E-state index contributed by atoms with van der Waals surface area (Å²) in [5, 5.41) is 8.66. The zero-order valence-electron chi connectivity index (χ0n) is 26.6. The van der Waals surface area contributed by atoms with E-state index in [9.17, 15) is 0 Å². The van der Waals surface area contributed by atoms with Crippen molar-refractivity contribution in [3.05, 3.63) is 182 Å². The first-order chi connectivity index (χ1) is 23.8. The number of benzene rings is 7. The average Bonchev–Trinajstić information content (AvgIpc) is 3.51. The summed E-state index contributed by atoms with van der Waals surface area (Å²) in [5.41, 5.74) is 13.4. The first-order valence-corrected chi connectivity index (χ1v) is 16.7. The SMILES string of the molecule is C1=CCCC(c2ccc(Nc3ccc(-c4ccccc4-c4ccc(-n5c6ccccc6c6ccc7ccccc7c65)cc4)cc3)cc2)=C1. The highest BCUT2D eigenvalue weighted by atomic mass is 15.0. The summed E-state index contributed by atoms with van der Waals surface area (Å²) in [7, 11) is 0. The van der Waals surface area contributed by atoms with Crippen molar-refractivity contribution >= 4 is 49.5 Å². The van der Waals surface area contributed by atoms with Crippen molar-refractivity contribution in [2.45, 2.75) is 12.8 Å². The molecule has 1 aliphatic rings. The lowest BCUT2D eigenvalue weighted by molar-refractivity contribution is 1.05. The summed E-state index contributed by atoms with van der Waals surface area (Å²) in [5.74, 6) is 0. The van der Waals surface area contributed by atoms with Gasteiger partial charge >= 0.3 is 0 Å². The van der Waals surface area contributed by atoms with Gasteiger partial charge in [-0.15, -0.1) is 0 Å². The summed E-state index contributed by atoms with van der Waals surface area (Å²) in [6.45, 7) is 0. The molecule has 228 valence electrons. The molecule has 2 nitrogen and oxygen atoms in total. The molecule has 0 fully saturated rings. The molecule has 0 saturated heterocycles. The van der Waals surface area contributed by atoms with Gasteiger partial charge in [0.1, 0.15) is 0 Å². The van der Waals surface area contributed by atoms with Crippen LogP contribution in [0.2, 0.25) is 0 Å².